The van der Waals surface area contributed by atoms with E-state index < -0.39 is 0 Å². The number of pyridine rings is 1. The van der Waals surface area contributed by atoms with Gasteiger partial charge < -0.3 is 15.3 Å². The molecule has 0 saturated carbocycles. The van der Waals surface area contributed by atoms with Crippen molar-refractivity contribution in [2.45, 2.75) is 27.1 Å². The maximum absolute atomic E-state index is 6.06. The summed E-state index contributed by atoms with van der Waals surface area (Å²) >= 11 is 0. The molecule has 0 amide bonds. The number of amidine groups is 1. The number of aromatic nitrogens is 1. The summed E-state index contributed by atoms with van der Waals surface area (Å²) in [4.78, 5) is 9.53. The molecule has 0 aliphatic rings. The summed E-state index contributed by atoms with van der Waals surface area (Å²) in [6.07, 6.45) is 3.51. The maximum atomic E-state index is 6.06. The summed E-state index contributed by atoms with van der Waals surface area (Å²) in [5, 5.41) is 4.05. The average Bonchev–Trinajstić information content (AvgIpc) is 2.70. The Labute approximate surface area is 159 Å². The Balaban J connectivity index is 1.61. The first-order valence-electron chi connectivity index (χ1n) is 8.75. The van der Waals surface area contributed by atoms with Gasteiger partial charge in [0.05, 0.1) is 0 Å². The van der Waals surface area contributed by atoms with E-state index in [1.165, 1.54) is 11.1 Å². The van der Waals surface area contributed by atoms with Crippen molar-refractivity contribution < 1.29 is 9.57 Å². The van der Waals surface area contributed by atoms with Gasteiger partial charge >= 0.3 is 0 Å². The SMILES string of the molecule is Cc1ccc(C)c(CO/N=C(\N)c2cccc(OCc3cccnc3)c2)c1. The minimum Gasteiger partial charge on any atom is -0.489 e. The molecule has 0 spiro atoms. The minimum atomic E-state index is 0.312. The van der Waals surface area contributed by atoms with Crippen molar-refractivity contribution in [2.75, 3.05) is 0 Å². The zero-order valence-corrected chi connectivity index (χ0v) is 15.6. The largest absolute Gasteiger partial charge is 0.489 e. The summed E-state index contributed by atoms with van der Waals surface area (Å²) in [7, 11) is 0. The summed E-state index contributed by atoms with van der Waals surface area (Å²) in [6, 6.07) is 17.6. The molecule has 1 heterocycles. The van der Waals surface area contributed by atoms with Crippen LogP contribution >= 0.6 is 0 Å². The van der Waals surface area contributed by atoms with E-state index in [9.17, 15) is 0 Å². The molecule has 0 atom stereocenters. The van der Waals surface area contributed by atoms with Crippen LogP contribution in [0.5, 0.6) is 5.75 Å². The molecule has 3 rings (SSSR count). The van der Waals surface area contributed by atoms with Gasteiger partial charge in [-0.15, -0.1) is 0 Å². The third kappa shape index (κ3) is 5.31. The molecule has 2 aromatic carbocycles. The second-order valence-electron chi connectivity index (χ2n) is 6.36. The summed E-state index contributed by atoms with van der Waals surface area (Å²) in [6.45, 7) is 4.93. The molecule has 0 fully saturated rings. The number of nitrogens with zero attached hydrogens (tertiary/aromatic N) is 2. The van der Waals surface area contributed by atoms with Gasteiger partial charge in [0, 0.05) is 23.5 Å². The number of oxime groups is 1. The second kappa shape index (κ2) is 8.85. The number of benzene rings is 2. The average molecular weight is 361 g/mol. The monoisotopic (exact) mass is 361 g/mol. The van der Waals surface area contributed by atoms with E-state index in [4.69, 9.17) is 15.3 Å². The molecule has 5 nitrogen and oxygen atoms in total. The Morgan fingerprint density at radius 2 is 1.93 bits per heavy atom. The lowest BCUT2D eigenvalue weighted by Crippen LogP contribution is -2.14. The van der Waals surface area contributed by atoms with Gasteiger partial charge in [-0.25, -0.2) is 0 Å². The number of nitrogens with two attached hydrogens (primary N) is 1. The third-order valence-corrected chi connectivity index (χ3v) is 4.15. The van der Waals surface area contributed by atoms with Crippen molar-refractivity contribution in [1.29, 1.82) is 0 Å². The van der Waals surface area contributed by atoms with Crippen LogP contribution in [0.3, 0.4) is 0 Å². The molecule has 2 N–H and O–H groups in total. The van der Waals surface area contributed by atoms with Gasteiger partial charge in [0.1, 0.15) is 19.0 Å². The Hall–Kier alpha value is -3.34. The summed E-state index contributed by atoms with van der Waals surface area (Å²) in [5.41, 5.74) is 11.3. The van der Waals surface area contributed by atoms with Crippen LogP contribution in [0.25, 0.3) is 0 Å². The van der Waals surface area contributed by atoms with Crippen molar-refractivity contribution >= 4 is 5.84 Å². The van der Waals surface area contributed by atoms with E-state index in [1.54, 1.807) is 12.4 Å². The molecule has 3 aromatic rings. The Morgan fingerprint density at radius 3 is 2.74 bits per heavy atom. The first kappa shape index (κ1) is 18.5. The van der Waals surface area contributed by atoms with Gasteiger partial charge in [0.25, 0.3) is 0 Å². The van der Waals surface area contributed by atoms with E-state index in [-0.39, 0.29) is 0 Å². The second-order valence-corrected chi connectivity index (χ2v) is 6.36. The third-order valence-electron chi connectivity index (χ3n) is 4.15. The first-order valence-corrected chi connectivity index (χ1v) is 8.75. The molecule has 0 bridgehead atoms. The normalized spacial score (nSPS) is 11.3. The smallest absolute Gasteiger partial charge is 0.170 e. The zero-order valence-electron chi connectivity index (χ0n) is 15.6. The highest BCUT2D eigenvalue weighted by Gasteiger charge is 2.04. The van der Waals surface area contributed by atoms with Gasteiger partial charge in [0.15, 0.2) is 5.84 Å². The number of aryl methyl sites for hydroxylation is 2. The van der Waals surface area contributed by atoms with Gasteiger partial charge in [0.2, 0.25) is 0 Å². The van der Waals surface area contributed by atoms with E-state index in [2.05, 4.69) is 35.3 Å². The highest BCUT2D eigenvalue weighted by Crippen LogP contribution is 2.16. The van der Waals surface area contributed by atoms with Gasteiger partial charge in [-0.2, -0.15) is 0 Å². The van der Waals surface area contributed by atoms with Crippen LogP contribution < -0.4 is 10.5 Å². The number of hydrogen-bond acceptors (Lipinski definition) is 4. The number of ether oxygens (including phenoxy) is 1. The quantitative estimate of drug-likeness (QED) is 0.390. The lowest BCUT2D eigenvalue weighted by molar-refractivity contribution is 0.130. The van der Waals surface area contributed by atoms with E-state index in [1.807, 2.05) is 43.3 Å². The molecule has 1 aromatic heterocycles. The van der Waals surface area contributed by atoms with Crippen LogP contribution in [0.2, 0.25) is 0 Å². The number of rotatable bonds is 7. The van der Waals surface area contributed by atoms with E-state index >= 15 is 0 Å². The molecule has 138 valence electrons. The van der Waals surface area contributed by atoms with Crippen molar-refractivity contribution in [2.24, 2.45) is 10.9 Å². The van der Waals surface area contributed by atoms with Crippen LogP contribution in [0, 0.1) is 13.8 Å². The van der Waals surface area contributed by atoms with Crippen molar-refractivity contribution in [3.05, 3.63) is 94.8 Å². The Bertz CT molecular complexity index is 924. The van der Waals surface area contributed by atoms with Crippen LogP contribution in [0.4, 0.5) is 0 Å². The fraction of sp³-hybridized carbons (Fsp3) is 0.182. The predicted molar refractivity (Wildman–Crippen MR) is 106 cm³/mol. The van der Waals surface area contributed by atoms with Crippen LogP contribution in [0.1, 0.15) is 27.8 Å². The topological polar surface area (TPSA) is 69.7 Å². The van der Waals surface area contributed by atoms with E-state index in [0.717, 1.165) is 16.7 Å². The minimum absolute atomic E-state index is 0.312. The van der Waals surface area contributed by atoms with Crippen molar-refractivity contribution in [3.8, 4) is 5.75 Å². The fourth-order valence-corrected chi connectivity index (χ4v) is 2.58. The molecule has 0 unspecified atom stereocenters. The molecule has 0 radical (unpaired) electrons. The molecule has 27 heavy (non-hydrogen) atoms. The lowest BCUT2D eigenvalue weighted by Gasteiger charge is -2.09. The van der Waals surface area contributed by atoms with E-state index in [0.29, 0.717) is 24.8 Å². The fourth-order valence-electron chi connectivity index (χ4n) is 2.58. The van der Waals surface area contributed by atoms with Gasteiger partial charge in [-0.3, -0.25) is 4.98 Å². The molecule has 5 heteroatoms. The van der Waals surface area contributed by atoms with Crippen LogP contribution in [-0.4, -0.2) is 10.8 Å². The molecule has 0 aliphatic heterocycles. The molecule has 0 aliphatic carbocycles. The molecular formula is C22H23N3O2. The standard InChI is InChI=1S/C22H23N3O2/c1-16-8-9-17(2)20(11-16)15-27-25-22(23)19-6-3-7-21(12-19)26-14-18-5-4-10-24-13-18/h3-13H,14-15H2,1-2H3,(H2,23,25). The number of hydrogen-bond donors (Lipinski definition) is 1. The van der Waals surface area contributed by atoms with Crippen molar-refractivity contribution in [1.82, 2.24) is 4.98 Å². The molecule has 0 saturated heterocycles. The summed E-state index contributed by atoms with van der Waals surface area (Å²) < 4.78 is 5.79. The van der Waals surface area contributed by atoms with Crippen molar-refractivity contribution in [3.63, 3.8) is 0 Å². The highest BCUT2D eigenvalue weighted by atomic mass is 16.6. The predicted octanol–water partition coefficient (Wildman–Crippen LogP) is 4.11. The first-order chi connectivity index (χ1) is 13.1. The molecular weight excluding hydrogens is 338 g/mol. The van der Waals surface area contributed by atoms with Crippen LogP contribution in [-0.2, 0) is 18.1 Å². The highest BCUT2D eigenvalue weighted by molar-refractivity contribution is 5.97. The Morgan fingerprint density at radius 1 is 1.04 bits per heavy atom. The van der Waals surface area contributed by atoms with Gasteiger partial charge in [-0.1, -0.05) is 47.1 Å². The van der Waals surface area contributed by atoms with Gasteiger partial charge in [-0.05, 0) is 43.2 Å². The maximum Gasteiger partial charge on any atom is 0.170 e. The Kier molecular flexibility index (Phi) is 6.05. The zero-order chi connectivity index (χ0) is 19.1. The lowest BCUT2D eigenvalue weighted by atomic mass is 10.1. The summed E-state index contributed by atoms with van der Waals surface area (Å²) in [5.74, 6) is 1.02. The van der Waals surface area contributed by atoms with Crippen LogP contribution in [0.15, 0.2) is 72.1 Å².